The lowest BCUT2D eigenvalue weighted by atomic mass is 10.1. The molecule has 0 radical (unpaired) electrons. The second kappa shape index (κ2) is 7.42. The van der Waals surface area contributed by atoms with Crippen molar-refractivity contribution in [3.05, 3.63) is 64.1 Å². The molecule has 1 amide bonds. The molecule has 1 heterocycles. The van der Waals surface area contributed by atoms with Gasteiger partial charge in [0.05, 0.1) is 18.4 Å². The number of amides is 1. The second-order valence-electron chi connectivity index (χ2n) is 5.31. The zero-order chi connectivity index (χ0) is 19.5. The maximum Gasteiger partial charge on any atom is 0.421 e. The Balaban J connectivity index is 2.32. The SMILES string of the molecule is COC(=O)c1ccccc1N(C)C(=O)Cn1cccc(C(F)(F)F)c1=O. The van der Waals surface area contributed by atoms with Gasteiger partial charge in [-0.15, -0.1) is 0 Å². The number of pyridine rings is 1. The number of ether oxygens (including phenoxy) is 1. The summed E-state index contributed by atoms with van der Waals surface area (Å²) in [7, 11) is 2.53. The molecule has 6 nitrogen and oxygen atoms in total. The van der Waals surface area contributed by atoms with Gasteiger partial charge in [0.15, 0.2) is 0 Å². The van der Waals surface area contributed by atoms with Crippen LogP contribution in [0.3, 0.4) is 0 Å². The van der Waals surface area contributed by atoms with Crippen LogP contribution < -0.4 is 10.5 Å². The molecule has 0 saturated heterocycles. The van der Waals surface area contributed by atoms with Crippen molar-refractivity contribution in [1.82, 2.24) is 4.57 Å². The topological polar surface area (TPSA) is 68.6 Å². The molecule has 1 aromatic carbocycles. The van der Waals surface area contributed by atoms with E-state index in [0.29, 0.717) is 10.6 Å². The first-order valence-corrected chi connectivity index (χ1v) is 7.37. The lowest BCUT2D eigenvalue weighted by molar-refractivity contribution is -0.139. The molecule has 0 aliphatic heterocycles. The van der Waals surface area contributed by atoms with Crippen LogP contribution in [0.25, 0.3) is 0 Å². The molecular weight excluding hydrogens is 353 g/mol. The number of methoxy groups -OCH3 is 1. The predicted molar refractivity (Wildman–Crippen MR) is 86.9 cm³/mol. The van der Waals surface area contributed by atoms with Gasteiger partial charge in [0, 0.05) is 13.2 Å². The van der Waals surface area contributed by atoms with Gasteiger partial charge in [-0.05, 0) is 24.3 Å². The lowest BCUT2D eigenvalue weighted by Gasteiger charge is -2.20. The van der Waals surface area contributed by atoms with E-state index < -0.39 is 35.7 Å². The number of hydrogen-bond donors (Lipinski definition) is 0. The molecule has 0 spiro atoms. The van der Waals surface area contributed by atoms with Crippen molar-refractivity contribution >= 4 is 17.6 Å². The highest BCUT2D eigenvalue weighted by molar-refractivity contribution is 6.02. The quantitative estimate of drug-likeness (QED) is 0.777. The number of anilines is 1. The van der Waals surface area contributed by atoms with E-state index in [1.54, 1.807) is 12.1 Å². The maximum absolute atomic E-state index is 12.8. The van der Waals surface area contributed by atoms with Crippen molar-refractivity contribution in [2.75, 3.05) is 19.1 Å². The molecule has 138 valence electrons. The number of likely N-dealkylation sites (N-methyl/N-ethyl adjacent to an activating group) is 1. The largest absolute Gasteiger partial charge is 0.465 e. The summed E-state index contributed by atoms with van der Waals surface area (Å²) >= 11 is 0. The highest BCUT2D eigenvalue weighted by Gasteiger charge is 2.34. The molecule has 0 unspecified atom stereocenters. The standard InChI is InChI=1S/C17H15F3N2O4/c1-21(13-8-4-3-6-11(13)16(25)26-2)14(23)10-22-9-5-7-12(15(22)24)17(18,19)20/h3-9H,10H2,1-2H3. The zero-order valence-electron chi connectivity index (χ0n) is 13.9. The summed E-state index contributed by atoms with van der Waals surface area (Å²) < 4.78 is 43.7. The van der Waals surface area contributed by atoms with Gasteiger partial charge in [0.25, 0.3) is 5.56 Å². The molecule has 2 aromatic rings. The zero-order valence-corrected chi connectivity index (χ0v) is 13.9. The third-order valence-electron chi connectivity index (χ3n) is 3.68. The van der Waals surface area contributed by atoms with E-state index in [4.69, 9.17) is 0 Å². The number of carbonyl (C=O) groups excluding carboxylic acids is 2. The number of esters is 1. The molecule has 0 saturated carbocycles. The average Bonchev–Trinajstić information content (AvgIpc) is 2.61. The first-order valence-electron chi connectivity index (χ1n) is 7.37. The van der Waals surface area contributed by atoms with Crippen LogP contribution in [0.15, 0.2) is 47.4 Å². The van der Waals surface area contributed by atoms with Gasteiger partial charge in [0.1, 0.15) is 12.1 Å². The average molecular weight is 368 g/mol. The van der Waals surface area contributed by atoms with Gasteiger partial charge >= 0.3 is 12.1 Å². The van der Waals surface area contributed by atoms with Gasteiger partial charge in [-0.2, -0.15) is 13.2 Å². The van der Waals surface area contributed by atoms with Crippen LogP contribution in [0.2, 0.25) is 0 Å². The highest BCUT2D eigenvalue weighted by Crippen LogP contribution is 2.26. The Morgan fingerprint density at radius 2 is 1.81 bits per heavy atom. The number of carbonyl (C=O) groups is 2. The Labute approximate surface area is 146 Å². The van der Waals surface area contributed by atoms with E-state index in [-0.39, 0.29) is 11.3 Å². The van der Waals surface area contributed by atoms with Gasteiger partial charge in [0.2, 0.25) is 5.91 Å². The molecular formula is C17H15F3N2O4. The van der Waals surface area contributed by atoms with Gasteiger partial charge in [-0.1, -0.05) is 12.1 Å². The van der Waals surface area contributed by atoms with Crippen LogP contribution in [0.5, 0.6) is 0 Å². The molecule has 26 heavy (non-hydrogen) atoms. The normalized spacial score (nSPS) is 11.1. The molecule has 0 aliphatic rings. The first kappa shape index (κ1) is 19.2. The van der Waals surface area contributed by atoms with Crippen LogP contribution in [-0.2, 0) is 22.3 Å². The van der Waals surface area contributed by atoms with E-state index in [9.17, 15) is 27.6 Å². The Bertz CT molecular complexity index is 890. The fourth-order valence-electron chi connectivity index (χ4n) is 2.31. The third-order valence-corrected chi connectivity index (χ3v) is 3.68. The minimum atomic E-state index is -4.81. The summed E-state index contributed by atoms with van der Waals surface area (Å²) in [5.74, 6) is -1.35. The van der Waals surface area contributed by atoms with E-state index >= 15 is 0 Å². The summed E-state index contributed by atoms with van der Waals surface area (Å²) in [5.41, 5.74) is -2.35. The summed E-state index contributed by atoms with van der Waals surface area (Å²) in [6.07, 6.45) is -3.72. The monoisotopic (exact) mass is 368 g/mol. The van der Waals surface area contributed by atoms with Crippen molar-refractivity contribution < 1.29 is 27.5 Å². The summed E-state index contributed by atoms with van der Waals surface area (Å²) in [6.45, 7) is -0.616. The van der Waals surface area contributed by atoms with Crippen molar-refractivity contribution in [2.24, 2.45) is 0 Å². The van der Waals surface area contributed by atoms with Crippen LogP contribution in [0.4, 0.5) is 18.9 Å². The third kappa shape index (κ3) is 3.93. The minimum Gasteiger partial charge on any atom is -0.465 e. The van der Waals surface area contributed by atoms with Crippen molar-refractivity contribution in [1.29, 1.82) is 0 Å². The smallest absolute Gasteiger partial charge is 0.421 e. The Hall–Kier alpha value is -3.10. The van der Waals surface area contributed by atoms with Crippen molar-refractivity contribution in [3.8, 4) is 0 Å². The number of nitrogens with zero attached hydrogens (tertiary/aromatic N) is 2. The Morgan fingerprint density at radius 1 is 1.15 bits per heavy atom. The van der Waals surface area contributed by atoms with Crippen LogP contribution >= 0.6 is 0 Å². The molecule has 0 fully saturated rings. The number of alkyl halides is 3. The number of hydrogen-bond acceptors (Lipinski definition) is 4. The van der Waals surface area contributed by atoms with E-state index in [0.717, 1.165) is 17.2 Å². The number of para-hydroxylation sites is 1. The number of benzene rings is 1. The van der Waals surface area contributed by atoms with Gasteiger partial charge in [-0.3, -0.25) is 9.59 Å². The van der Waals surface area contributed by atoms with E-state index in [2.05, 4.69) is 4.74 Å². The predicted octanol–water partition coefficient (Wildman–Crippen LogP) is 2.32. The van der Waals surface area contributed by atoms with Crippen LogP contribution in [-0.4, -0.2) is 30.6 Å². The van der Waals surface area contributed by atoms with Crippen LogP contribution in [0, 0.1) is 0 Å². The molecule has 0 N–H and O–H groups in total. The van der Waals surface area contributed by atoms with Crippen molar-refractivity contribution in [3.63, 3.8) is 0 Å². The Morgan fingerprint density at radius 3 is 2.42 bits per heavy atom. The molecule has 0 aliphatic carbocycles. The summed E-state index contributed by atoms with van der Waals surface area (Å²) in [6, 6.07) is 7.79. The van der Waals surface area contributed by atoms with Gasteiger partial charge < -0.3 is 14.2 Å². The minimum absolute atomic E-state index is 0.113. The van der Waals surface area contributed by atoms with Crippen LogP contribution in [0.1, 0.15) is 15.9 Å². The lowest BCUT2D eigenvalue weighted by Crippen LogP contribution is -2.36. The van der Waals surface area contributed by atoms with Gasteiger partial charge in [-0.25, -0.2) is 4.79 Å². The Kier molecular flexibility index (Phi) is 5.49. The van der Waals surface area contributed by atoms with E-state index in [1.165, 1.54) is 26.3 Å². The first-order chi connectivity index (χ1) is 12.2. The fourth-order valence-corrected chi connectivity index (χ4v) is 2.31. The second-order valence-corrected chi connectivity index (χ2v) is 5.31. The van der Waals surface area contributed by atoms with E-state index in [1.807, 2.05) is 0 Å². The number of rotatable bonds is 4. The maximum atomic E-state index is 12.8. The summed E-state index contributed by atoms with van der Waals surface area (Å²) in [5, 5.41) is 0. The molecule has 9 heteroatoms. The fraction of sp³-hybridized carbons (Fsp3) is 0.235. The highest BCUT2D eigenvalue weighted by atomic mass is 19.4. The number of aromatic nitrogens is 1. The molecule has 0 atom stereocenters. The van der Waals surface area contributed by atoms with Crippen molar-refractivity contribution in [2.45, 2.75) is 12.7 Å². The molecule has 1 aromatic heterocycles. The molecule has 0 bridgehead atoms. The summed E-state index contributed by atoms with van der Waals surface area (Å²) in [4.78, 5) is 37.2. The molecule has 2 rings (SSSR count). The number of halogens is 3.